The zero-order chi connectivity index (χ0) is 17.4. The summed E-state index contributed by atoms with van der Waals surface area (Å²) in [5.74, 6) is 1.18. The number of ether oxygens (including phenoxy) is 2. The SMILES string of the molecule is CN(Cc1ccc2c(c1)OCO2)C(=O)c1cc(=O)[nH]c2ccccc12. The van der Waals surface area contributed by atoms with Crippen molar-refractivity contribution in [2.24, 2.45) is 0 Å². The Morgan fingerprint density at radius 3 is 2.80 bits per heavy atom. The molecule has 2 heterocycles. The van der Waals surface area contributed by atoms with E-state index in [1.165, 1.54) is 6.07 Å². The Balaban J connectivity index is 1.64. The van der Waals surface area contributed by atoms with Crippen molar-refractivity contribution < 1.29 is 14.3 Å². The number of hydrogen-bond donors (Lipinski definition) is 1. The molecule has 0 saturated heterocycles. The second kappa shape index (κ2) is 5.98. The summed E-state index contributed by atoms with van der Waals surface area (Å²) in [6, 6.07) is 14.2. The van der Waals surface area contributed by atoms with Crippen LogP contribution in [0, 0.1) is 0 Å². The molecular formula is C19H16N2O4. The van der Waals surface area contributed by atoms with Gasteiger partial charge < -0.3 is 19.4 Å². The van der Waals surface area contributed by atoms with Crippen LogP contribution < -0.4 is 15.0 Å². The molecule has 4 rings (SSSR count). The van der Waals surface area contributed by atoms with E-state index in [4.69, 9.17) is 9.47 Å². The molecule has 0 spiro atoms. The van der Waals surface area contributed by atoms with E-state index < -0.39 is 0 Å². The van der Waals surface area contributed by atoms with Crippen molar-refractivity contribution in [3.05, 3.63) is 70.0 Å². The summed E-state index contributed by atoms with van der Waals surface area (Å²) in [7, 11) is 1.71. The molecule has 6 nitrogen and oxygen atoms in total. The quantitative estimate of drug-likeness (QED) is 0.798. The number of nitrogens with one attached hydrogen (secondary N) is 1. The largest absolute Gasteiger partial charge is 0.454 e. The summed E-state index contributed by atoms with van der Waals surface area (Å²) in [5.41, 5.74) is 1.67. The average Bonchev–Trinajstić information content (AvgIpc) is 3.08. The van der Waals surface area contributed by atoms with Gasteiger partial charge in [-0.05, 0) is 23.8 Å². The molecule has 126 valence electrons. The summed E-state index contributed by atoms with van der Waals surface area (Å²) in [6.45, 7) is 0.614. The Morgan fingerprint density at radius 1 is 1.12 bits per heavy atom. The van der Waals surface area contributed by atoms with Gasteiger partial charge in [0.25, 0.3) is 5.91 Å². The van der Waals surface area contributed by atoms with Crippen LogP contribution in [0.15, 0.2) is 53.3 Å². The van der Waals surface area contributed by atoms with Gasteiger partial charge in [0.2, 0.25) is 12.4 Å². The van der Waals surface area contributed by atoms with E-state index in [0.717, 1.165) is 10.9 Å². The summed E-state index contributed by atoms with van der Waals surface area (Å²) in [4.78, 5) is 29.1. The topological polar surface area (TPSA) is 71.6 Å². The van der Waals surface area contributed by atoms with Crippen LogP contribution >= 0.6 is 0 Å². The number of amides is 1. The monoisotopic (exact) mass is 336 g/mol. The van der Waals surface area contributed by atoms with E-state index >= 15 is 0 Å². The average molecular weight is 336 g/mol. The fraction of sp³-hybridized carbons (Fsp3) is 0.158. The van der Waals surface area contributed by atoms with Gasteiger partial charge in [0.05, 0.1) is 5.56 Å². The van der Waals surface area contributed by atoms with Gasteiger partial charge in [-0.3, -0.25) is 9.59 Å². The summed E-state index contributed by atoms with van der Waals surface area (Å²) in [6.07, 6.45) is 0. The third kappa shape index (κ3) is 2.82. The number of aromatic amines is 1. The molecule has 3 aromatic rings. The summed E-state index contributed by atoms with van der Waals surface area (Å²) in [5, 5.41) is 0.727. The highest BCUT2D eigenvalue weighted by Gasteiger charge is 2.18. The number of carbonyl (C=O) groups excluding carboxylic acids is 1. The molecule has 0 unspecified atom stereocenters. The molecule has 1 aliphatic heterocycles. The van der Waals surface area contributed by atoms with Crippen molar-refractivity contribution in [2.75, 3.05) is 13.8 Å². The van der Waals surface area contributed by atoms with Crippen molar-refractivity contribution in [1.82, 2.24) is 9.88 Å². The molecule has 1 N–H and O–H groups in total. The first-order chi connectivity index (χ1) is 12.1. The first-order valence-corrected chi connectivity index (χ1v) is 7.88. The summed E-state index contributed by atoms with van der Waals surface area (Å²) < 4.78 is 10.7. The standard InChI is InChI=1S/C19H16N2O4/c1-21(10-12-6-7-16-17(8-12)25-11-24-16)19(23)14-9-18(22)20-15-5-3-2-4-13(14)15/h2-9H,10-11H2,1H3,(H,20,22). The Labute approximate surface area is 143 Å². The number of rotatable bonds is 3. The third-order valence-corrected chi connectivity index (χ3v) is 4.18. The van der Waals surface area contributed by atoms with E-state index in [0.29, 0.717) is 29.1 Å². The van der Waals surface area contributed by atoms with Crippen LogP contribution in [0.1, 0.15) is 15.9 Å². The zero-order valence-corrected chi connectivity index (χ0v) is 13.6. The molecule has 2 aromatic carbocycles. The minimum absolute atomic E-state index is 0.208. The Kier molecular flexibility index (Phi) is 3.65. The highest BCUT2D eigenvalue weighted by atomic mass is 16.7. The van der Waals surface area contributed by atoms with Crippen LogP contribution in [-0.4, -0.2) is 29.6 Å². The first-order valence-electron chi connectivity index (χ1n) is 7.88. The molecule has 0 radical (unpaired) electrons. The van der Waals surface area contributed by atoms with Crippen LogP contribution in [-0.2, 0) is 6.54 Å². The number of hydrogen-bond acceptors (Lipinski definition) is 4. The second-order valence-corrected chi connectivity index (χ2v) is 5.94. The van der Waals surface area contributed by atoms with Crippen LogP contribution in [0.25, 0.3) is 10.9 Å². The molecule has 1 amide bonds. The maximum absolute atomic E-state index is 12.9. The van der Waals surface area contributed by atoms with Crippen molar-refractivity contribution >= 4 is 16.8 Å². The van der Waals surface area contributed by atoms with Crippen LogP contribution in [0.2, 0.25) is 0 Å². The van der Waals surface area contributed by atoms with Gasteiger partial charge >= 0.3 is 0 Å². The van der Waals surface area contributed by atoms with Gasteiger partial charge in [0.1, 0.15) is 0 Å². The lowest BCUT2D eigenvalue weighted by atomic mass is 10.1. The predicted molar refractivity (Wildman–Crippen MR) is 92.9 cm³/mol. The number of H-pyrrole nitrogens is 1. The lowest BCUT2D eigenvalue weighted by Gasteiger charge is -2.18. The third-order valence-electron chi connectivity index (χ3n) is 4.18. The van der Waals surface area contributed by atoms with E-state index in [1.54, 1.807) is 18.0 Å². The highest BCUT2D eigenvalue weighted by Crippen LogP contribution is 2.32. The lowest BCUT2D eigenvalue weighted by molar-refractivity contribution is 0.0786. The fourth-order valence-corrected chi connectivity index (χ4v) is 2.97. The van der Waals surface area contributed by atoms with Crippen LogP contribution in [0.5, 0.6) is 11.5 Å². The molecule has 1 aromatic heterocycles. The fourth-order valence-electron chi connectivity index (χ4n) is 2.97. The molecule has 0 atom stereocenters. The number of nitrogens with zero attached hydrogens (tertiary/aromatic N) is 1. The van der Waals surface area contributed by atoms with Crippen molar-refractivity contribution in [2.45, 2.75) is 6.54 Å². The van der Waals surface area contributed by atoms with Gasteiger partial charge in [-0.15, -0.1) is 0 Å². The second-order valence-electron chi connectivity index (χ2n) is 5.94. The van der Waals surface area contributed by atoms with Gasteiger partial charge in [-0.2, -0.15) is 0 Å². The highest BCUT2D eigenvalue weighted by molar-refractivity contribution is 6.05. The normalized spacial score (nSPS) is 12.4. The van der Waals surface area contributed by atoms with E-state index in [-0.39, 0.29) is 18.3 Å². The number of pyridine rings is 1. The first kappa shape index (κ1) is 15.3. The minimum atomic E-state index is -0.293. The molecule has 25 heavy (non-hydrogen) atoms. The van der Waals surface area contributed by atoms with E-state index in [2.05, 4.69) is 4.98 Å². The van der Waals surface area contributed by atoms with Crippen molar-refractivity contribution in [3.8, 4) is 11.5 Å². The van der Waals surface area contributed by atoms with Gasteiger partial charge in [0, 0.05) is 30.6 Å². The smallest absolute Gasteiger partial charge is 0.254 e. The molecule has 6 heteroatoms. The number of carbonyl (C=O) groups is 1. The van der Waals surface area contributed by atoms with E-state index in [9.17, 15) is 9.59 Å². The van der Waals surface area contributed by atoms with Gasteiger partial charge in [-0.25, -0.2) is 0 Å². The molecule has 0 fully saturated rings. The van der Waals surface area contributed by atoms with Gasteiger partial charge in [-0.1, -0.05) is 24.3 Å². The minimum Gasteiger partial charge on any atom is -0.454 e. The Hall–Kier alpha value is -3.28. The molecule has 0 aliphatic carbocycles. The number of fused-ring (bicyclic) bond motifs is 2. The maximum atomic E-state index is 12.9. The maximum Gasteiger partial charge on any atom is 0.254 e. The van der Waals surface area contributed by atoms with Gasteiger partial charge in [0.15, 0.2) is 11.5 Å². The van der Waals surface area contributed by atoms with Crippen LogP contribution in [0.4, 0.5) is 0 Å². The summed E-state index contributed by atoms with van der Waals surface area (Å²) >= 11 is 0. The van der Waals surface area contributed by atoms with Crippen molar-refractivity contribution in [1.29, 1.82) is 0 Å². The number of aromatic nitrogens is 1. The molecule has 0 bridgehead atoms. The van der Waals surface area contributed by atoms with Crippen molar-refractivity contribution in [3.63, 3.8) is 0 Å². The Morgan fingerprint density at radius 2 is 1.92 bits per heavy atom. The number of benzene rings is 2. The molecular weight excluding hydrogens is 320 g/mol. The predicted octanol–water partition coefficient (Wildman–Crippen LogP) is 2.53. The zero-order valence-electron chi connectivity index (χ0n) is 13.6. The number of para-hydroxylation sites is 1. The molecule has 0 saturated carbocycles. The van der Waals surface area contributed by atoms with E-state index in [1.807, 2.05) is 36.4 Å². The molecule has 1 aliphatic rings. The van der Waals surface area contributed by atoms with Crippen LogP contribution in [0.3, 0.4) is 0 Å². The Bertz CT molecular complexity index is 1030. The lowest BCUT2D eigenvalue weighted by Crippen LogP contribution is -2.27.